The molecule has 9 nitrogen and oxygen atoms in total. The number of aliphatic imine (C=N–C) groups is 1. The van der Waals surface area contributed by atoms with Gasteiger partial charge in [-0.2, -0.15) is 16.7 Å². The van der Waals surface area contributed by atoms with Gasteiger partial charge in [-0.3, -0.25) is 14.6 Å². The molecule has 0 aliphatic carbocycles. The molecule has 0 N–H and O–H groups in total. The summed E-state index contributed by atoms with van der Waals surface area (Å²) in [5.74, 6) is 1.61. The van der Waals surface area contributed by atoms with Crippen LogP contribution in [0.2, 0.25) is 0 Å². The molecule has 2 atom stereocenters. The van der Waals surface area contributed by atoms with Crippen LogP contribution in [0.15, 0.2) is 45.2 Å². The van der Waals surface area contributed by atoms with Crippen LogP contribution < -0.4 is 4.74 Å². The molecule has 0 aromatic heterocycles. The van der Waals surface area contributed by atoms with Crippen LogP contribution >= 0.6 is 11.8 Å². The average molecular weight is 445 g/mol. The number of rotatable bonds is 9. The molecule has 1 amide bonds. The van der Waals surface area contributed by atoms with Gasteiger partial charge in [-0.1, -0.05) is 17.3 Å². The fourth-order valence-corrected chi connectivity index (χ4v) is 4.61. The first kappa shape index (κ1) is 22.8. The number of thioether (sulfide) groups is 1. The zero-order valence-electron chi connectivity index (χ0n) is 17.2. The molecule has 1 aromatic carbocycles. The van der Waals surface area contributed by atoms with Crippen LogP contribution in [0, 0.1) is 9.81 Å². The molecule has 0 radical (unpaired) electrons. The third-order valence-electron chi connectivity index (χ3n) is 5.17. The van der Waals surface area contributed by atoms with Gasteiger partial charge in [-0.25, -0.2) is 0 Å². The fraction of sp³-hybridized carbons (Fsp3) is 0.476. The van der Waals surface area contributed by atoms with Crippen LogP contribution in [0.25, 0.3) is 0 Å². The molecular weight excluding hydrogens is 420 g/mol. The van der Waals surface area contributed by atoms with Crippen LogP contribution in [0.4, 0.5) is 5.69 Å². The van der Waals surface area contributed by atoms with Gasteiger partial charge in [0, 0.05) is 36.7 Å². The van der Waals surface area contributed by atoms with E-state index in [9.17, 15) is 19.4 Å². The van der Waals surface area contributed by atoms with E-state index in [0.717, 1.165) is 5.75 Å². The summed E-state index contributed by atoms with van der Waals surface area (Å²) >= 11 is 1.72. The third-order valence-corrected chi connectivity index (χ3v) is 6.26. The third kappa shape index (κ3) is 5.43. The predicted molar refractivity (Wildman–Crippen MR) is 120 cm³/mol. The Balaban J connectivity index is 1.75. The Bertz CT molecular complexity index is 917. The highest BCUT2D eigenvalue weighted by Gasteiger charge is 2.32. The summed E-state index contributed by atoms with van der Waals surface area (Å²) in [5.41, 5.74) is 1.26. The Kier molecular flexibility index (Phi) is 8.05. The quantitative estimate of drug-likeness (QED) is 0.425. The van der Waals surface area contributed by atoms with Crippen molar-refractivity contribution < 1.29 is 14.3 Å². The SMILES string of the molecule is CC(CC1=NCCC=C1C(=O)N1CCSC[C@H]1COc1cccc(N=O)c1C=O)N=O. The topological polar surface area (TPSA) is 118 Å². The Hall–Kier alpha value is -2.88. The molecule has 1 unspecified atom stereocenters. The van der Waals surface area contributed by atoms with E-state index >= 15 is 0 Å². The Morgan fingerprint density at radius 3 is 3.00 bits per heavy atom. The van der Waals surface area contributed by atoms with Crippen LogP contribution in [0.5, 0.6) is 5.75 Å². The molecule has 10 heteroatoms. The minimum absolute atomic E-state index is 0.0181. The summed E-state index contributed by atoms with van der Waals surface area (Å²) < 4.78 is 5.84. The van der Waals surface area contributed by atoms with Gasteiger partial charge < -0.3 is 9.64 Å². The number of nitroso groups, excluding NO2 is 2. The Labute approximate surface area is 184 Å². The first-order chi connectivity index (χ1) is 15.1. The summed E-state index contributed by atoms with van der Waals surface area (Å²) in [6, 6.07) is 3.97. The van der Waals surface area contributed by atoms with Crippen molar-refractivity contribution in [1.29, 1.82) is 0 Å². The number of hydrogen-bond donors (Lipinski definition) is 0. The number of ether oxygens (including phenoxy) is 1. The first-order valence-electron chi connectivity index (χ1n) is 10.1. The zero-order valence-corrected chi connectivity index (χ0v) is 18.0. The average Bonchev–Trinajstić information content (AvgIpc) is 2.82. The molecule has 1 aromatic rings. The van der Waals surface area contributed by atoms with Gasteiger partial charge in [-0.15, -0.1) is 4.91 Å². The van der Waals surface area contributed by atoms with Crippen molar-refractivity contribution in [2.24, 2.45) is 15.3 Å². The lowest BCUT2D eigenvalue weighted by molar-refractivity contribution is -0.129. The van der Waals surface area contributed by atoms with E-state index in [0.29, 0.717) is 49.3 Å². The Morgan fingerprint density at radius 1 is 1.42 bits per heavy atom. The van der Waals surface area contributed by atoms with Crippen molar-refractivity contribution >= 4 is 35.4 Å². The van der Waals surface area contributed by atoms with Crippen molar-refractivity contribution in [3.05, 3.63) is 45.2 Å². The maximum absolute atomic E-state index is 13.4. The molecular formula is C21H24N4O5S. The van der Waals surface area contributed by atoms with E-state index < -0.39 is 6.04 Å². The number of amides is 1. The molecule has 164 valence electrons. The van der Waals surface area contributed by atoms with Gasteiger partial charge in [-0.05, 0) is 30.7 Å². The number of aldehydes is 1. The van der Waals surface area contributed by atoms with Gasteiger partial charge in [0.2, 0.25) is 0 Å². The van der Waals surface area contributed by atoms with Crippen molar-refractivity contribution in [1.82, 2.24) is 4.90 Å². The first-order valence-corrected chi connectivity index (χ1v) is 11.2. The highest BCUT2D eigenvalue weighted by Crippen LogP contribution is 2.28. The van der Waals surface area contributed by atoms with Crippen LogP contribution in [0.3, 0.4) is 0 Å². The number of nitrogens with zero attached hydrogens (tertiary/aromatic N) is 4. The normalized spacial score (nSPS) is 19.6. The highest BCUT2D eigenvalue weighted by molar-refractivity contribution is 7.99. The van der Waals surface area contributed by atoms with Gasteiger partial charge in [0.05, 0.1) is 23.2 Å². The molecule has 0 saturated carbocycles. The molecule has 3 rings (SSSR count). The largest absolute Gasteiger partial charge is 0.491 e. The van der Waals surface area contributed by atoms with Gasteiger partial charge >= 0.3 is 0 Å². The smallest absolute Gasteiger partial charge is 0.255 e. The van der Waals surface area contributed by atoms with E-state index in [1.165, 1.54) is 6.07 Å². The monoisotopic (exact) mass is 444 g/mol. The minimum Gasteiger partial charge on any atom is -0.491 e. The van der Waals surface area contributed by atoms with E-state index in [1.807, 2.05) is 6.08 Å². The van der Waals surface area contributed by atoms with E-state index in [2.05, 4.69) is 15.3 Å². The van der Waals surface area contributed by atoms with Crippen molar-refractivity contribution in [2.75, 3.05) is 31.2 Å². The van der Waals surface area contributed by atoms with Gasteiger partial charge in [0.1, 0.15) is 18.0 Å². The van der Waals surface area contributed by atoms with E-state index in [-0.39, 0.29) is 35.6 Å². The molecule has 2 heterocycles. The summed E-state index contributed by atoms with van der Waals surface area (Å²) in [4.78, 5) is 52.7. The maximum atomic E-state index is 13.4. The number of hydrogen-bond acceptors (Lipinski definition) is 9. The fourth-order valence-electron chi connectivity index (χ4n) is 3.57. The summed E-state index contributed by atoms with van der Waals surface area (Å²) in [6.45, 7) is 3.02. The molecule has 2 aliphatic rings. The molecule has 0 spiro atoms. The molecule has 0 bridgehead atoms. The summed E-state index contributed by atoms with van der Waals surface area (Å²) in [6.07, 6.45) is 3.43. The second-order valence-corrected chi connectivity index (χ2v) is 8.48. The second-order valence-electron chi connectivity index (χ2n) is 7.33. The molecule has 2 aliphatic heterocycles. The lowest BCUT2D eigenvalue weighted by Gasteiger charge is -2.36. The number of carbonyl (C=O) groups excluding carboxylic acids is 2. The van der Waals surface area contributed by atoms with Crippen molar-refractivity contribution in [2.45, 2.75) is 31.8 Å². The lowest BCUT2D eigenvalue weighted by Crippen LogP contribution is -2.50. The van der Waals surface area contributed by atoms with Crippen molar-refractivity contribution in [3.8, 4) is 5.75 Å². The Morgan fingerprint density at radius 2 is 2.26 bits per heavy atom. The van der Waals surface area contributed by atoms with Crippen LogP contribution in [-0.4, -0.2) is 66.1 Å². The van der Waals surface area contributed by atoms with Crippen LogP contribution in [0.1, 0.15) is 30.1 Å². The number of dihydropyridines is 1. The number of benzene rings is 1. The molecule has 1 saturated heterocycles. The van der Waals surface area contributed by atoms with E-state index in [4.69, 9.17) is 4.74 Å². The number of carbonyl (C=O) groups is 2. The summed E-state index contributed by atoms with van der Waals surface area (Å²) in [7, 11) is 0. The lowest BCUT2D eigenvalue weighted by atomic mass is 9.98. The molecule has 31 heavy (non-hydrogen) atoms. The van der Waals surface area contributed by atoms with Gasteiger partial charge in [0.15, 0.2) is 6.29 Å². The standard InChI is InChI=1S/C21H24N4O5S/c1-14(23-28)10-19-16(4-3-7-22-19)21(27)25-8-9-31-13-15(25)12-30-20-6-2-5-18(24-29)17(20)11-26/h2,4-6,11,14-15H,3,7-10,12-13H2,1H3/t14?,15-/m1/s1. The predicted octanol–water partition coefficient (Wildman–Crippen LogP) is 3.54. The zero-order chi connectivity index (χ0) is 22.2. The summed E-state index contributed by atoms with van der Waals surface area (Å²) in [5, 5.41) is 5.89. The van der Waals surface area contributed by atoms with Gasteiger partial charge in [0.25, 0.3) is 5.91 Å². The molecule has 1 fully saturated rings. The van der Waals surface area contributed by atoms with Crippen molar-refractivity contribution in [3.63, 3.8) is 0 Å². The highest BCUT2D eigenvalue weighted by atomic mass is 32.2. The van der Waals surface area contributed by atoms with E-state index in [1.54, 1.807) is 35.7 Å². The second kappa shape index (κ2) is 10.9. The van der Waals surface area contributed by atoms with Crippen LogP contribution in [-0.2, 0) is 4.79 Å². The maximum Gasteiger partial charge on any atom is 0.255 e. The minimum atomic E-state index is -0.454.